The number of hydrogen-bond acceptors (Lipinski definition) is 6. The topological polar surface area (TPSA) is 103 Å². The Morgan fingerprint density at radius 1 is 1.00 bits per heavy atom. The Morgan fingerprint density at radius 2 is 1.82 bits per heavy atom. The van der Waals surface area contributed by atoms with Crippen LogP contribution in [0.4, 0.5) is 5.95 Å². The number of benzene rings is 1. The molecule has 138 valence electrons. The third-order valence-electron chi connectivity index (χ3n) is 4.01. The van der Waals surface area contributed by atoms with Crippen molar-refractivity contribution in [1.82, 2.24) is 19.7 Å². The highest BCUT2D eigenvalue weighted by Gasteiger charge is 2.15. The van der Waals surface area contributed by atoms with Gasteiger partial charge in [-0.15, -0.1) is 5.10 Å². The summed E-state index contributed by atoms with van der Waals surface area (Å²) in [6, 6.07) is 15.6. The second-order valence-corrected chi connectivity index (χ2v) is 5.95. The van der Waals surface area contributed by atoms with Crippen molar-refractivity contribution in [2.45, 2.75) is 6.92 Å². The molecule has 0 fully saturated rings. The number of rotatable bonds is 5. The molecule has 0 atom stereocenters. The van der Waals surface area contributed by atoms with Crippen LogP contribution < -0.4 is 5.32 Å². The van der Waals surface area contributed by atoms with E-state index in [2.05, 4.69) is 20.4 Å². The molecule has 8 heteroatoms. The van der Waals surface area contributed by atoms with E-state index in [9.17, 15) is 9.59 Å². The smallest absolute Gasteiger partial charge is 0.293 e. The van der Waals surface area contributed by atoms with E-state index in [1.807, 2.05) is 6.07 Å². The van der Waals surface area contributed by atoms with Crippen molar-refractivity contribution in [3.05, 3.63) is 78.4 Å². The molecule has 4 rings (SSSR count). The summed E-state index contributed by atoms with van der Waals surface area (Å²) in [6.07, 6.45) is 3.10. The van der Waals surface area contributed by atoms with E-state index in [0.717, 1.165) is 5.56 Å². The number of ketones is 1. The fraction of sp³-hybridized carbons (Fsp3) is 0.0500. The van der Waals surface area contributed by atoms with Crippen molar-refractivity contribution in [3.8, 4) is 17.1 Å². The molecule has 0 bridgehead atoms. The number of pyridine rings is 1. The van der Waals surface area contributed by atoms with Crippen molar-refractivity contribution in [1.29, 1.82) is 0 Å². The van der Waals surface area contributed by atoms with Gasteiger partial charge in [0.15, 0.2) is 17.4 Å². The normalized spacial score (nSPS) is 10.6. The van der Waals surface area contributed by atoms with Gasteiger partial charge in [0.1, 0.15) is 12.1 Å². The number of Topliss-reactive ketones (excluding diaryl/α,β-unsaturated/α-hetero) is 1. The lowest BCUT2D eigenvalue weighted by Gasteiger charge is -2.00. The summed E-state index contributed by atoms with van der Waals surface area (Å²) in [4.78, 5) is 32.0. The number of carbonyl (C=O) groups excluding carboxylic acids is 2. The first-order chi connectivity index (χ1) is 13.6. The van der Waals surface area contributed by atoms with E-state index in [1.54, 1.807) is 54.7 Å². The van der Waals surface area contributed by atoms with Gasteiger partial charge in [-0.05, 0) is 31.2 Å². The molecule has 8 nitrogen and oxygen atoms in total. The maximum absolute atomic E-state index is 12.4. The lowest BCUT2D eigenvalue weighted by Crippen LogP contribution is -2.12. The van der Waals surface area contributed by atoms with Gasteiger partial charge in [-0.3, -0.25) is 14.9 Å². The van der Waals surface area contributed by atoms with Gasteiger partial charge in [-0.25, -0.2) is 9.67 Å². The molecule has 3 aromatic heterocycles. The van der Waals surface area contributed by atoms with Crippen molar-refractivity contribution in [2.75, 3.05) is 5.32 Å². The molecule has 3 heterocycles. The molecule has 28 heavy (non-hydrogen) atoms. The molecular weight excluding hydrogens is 358 g/mol. The Bertz CT molecular complexity index is 1130. The number of nitrogens with one attached hydrogen (secondary N) is 1. The fourth-order valence-electron chi connectivity index (χ4n) is 2.57. The number of amides is 1. The second kappa shape index (κ2) is 7.28. The summed E-state index contributed by atoms with van der Waals surface area (Å²) in [5.74, 6) is 0.894. The van der Waals surface area contributed by atoms with Crippen LogP contribution in [0.15, 0.2) is 71.5 Å². The van der Waals surface area contributed by atoms with Crippen LogP contribution in [0.2, 0.25) is 0 Å². The van der Waals surface area contributed by atoms with Gasteiger partial charge in [-0.1, -0.05) is 30.3 Å². The lowest BCUT2D eigenvalue weighted by atomic mass is 10.1. The van der Waals surface area contributed by atoms with Gasteiger partial charge in [0, 0.05) is 17.3 Å². The average Bonchev–Trinajstić information content (AvgIpc) is 3.39. The van der Waals surface area contributed by atoms with Crippen LogP contribution in [0.5, 0.6) is 0 Å². The number of aromatic nitrogens is 4. The molecule has 0 aliphatic heterocycles. The molecule has 1 amide bonds. The Labute approximate surface area is 159 Å². The Hall–Kier alpha value is -4.07. The number of hydrogen-bond donors (Lipinski definition) is 1. The molecule has 0 aliphatic rings. The first-order valence-corrected chi connectivity index (χ1v) is 8.46. The van der Waals surface area contributed by atoms with E-state index in [-0.39, 0.29) is 17.5 Å². The first kappa shape index (κ1) is 17.3. The SMILES string of the molecule is CC(=O)c1ccc(-c2ccc(C(=O)Nc3ncn(-c4ccccn4)n3)o2)cc1. The van der Waals surface area contributed by atoms with Crippen LogP contribution in [0.3, 0.4) is 0 Å². The van der Waals surface area contributed by atoms with Crippen molar-refractivity contribution < 1.29 is 14.0 Å². The van der Waals surface area contributed by atoms with E-state index in [4.69, 9.17) is 4.42 Å². The van der Waals surface area contributed by atoms with Crippen LogP contribution >= 0.6 is 0 Å². The minimum atomic E-state index is -0.467. The standard InChI is InChI=1S/C20H15N5O3/c1-13(26)14-5-7-15(8-6-14)16-9-10-17(28-16)19(27)23-20-22-12-25(24-20)18-4-2-3-11-21-18/h2-12H,1H3,(H,23,24,27). The molecular formula is C20H15N5O3. The maximum atomic E-state index is 12.4. The van der Waals surface area contributed by atoms with Crippen LogP contribution in [-0.2, 0) is 0 Å². The summed E-state index contributed by atoms with van der Waals surface area (Å²) < 4.78 is 7.08. The van der Waals surface area contributed by atoms with Crippen LogP contribution in [0.1, 0.15) is 27.8 Å². The van der Waals surface area contributed by atoms with Crippen LogP contribution in [0, 0.1) is 0 Å². The summed E-state index contributed by atoms with van der Waals surface area (Å²) >= 11 is 0. The zero-order chi connectivity index (χ0) is 19.5. The molecule has 0 unspecified atom stereocenters. The molecule has 1 N–H and O–H groups in total. The van der Waals surface area contributed by atoms with Gasteiger partial charge < -0.3 is 4.42 Å². The summed E-state index contributed by atoms with van der Waals surface area (Å²) in [5.41, 5.74) is 1.38. The third-order valence-corrected chi connectivity index (χ3v) is 4.01. The average molecular weight is 373 g/mol. The second-order valence-electron chi connectivity index (χ2n) is 5.95. The largest absolute Gasteiger partial charge is 0.451 e. The predicted octanol–water partition coefficient (Wildman–Crippen LogP) is 3.38. The zero-order valence-corrected chi connectivity index (χ0v) is 14.9. The molecule has 0 aliphatic carbocycles. The molecule has 0 radical (unpaired) electrons. The first-order valence-electron chi connectivity index (χ1n) is 8.46. The van der Waals surface area contributed by atoms with Gasteiger partial charge in [0.05, 0.1) is 0 Å². The fourth-order valence-corrected chi connectivity index (χ4v) is 2.57. The van der Waals surface area contributed by atoms with Crippen molar-refractivity contribution in [2.24, 2.45) is 0 Å². The molecule has 1 aromatic carbocycles. The van der Waals surface area contributed by atoms with E-state index >= 15 is 0 Å². The number of carbonyl (C=O) groups is 2. The summed E-state index contributed by atoms with van der Waals surface area (Å²) in [5, 5.41) is 6.76. The third kappa shape index (κ3) is 3.56. The van der Waals surface area contributed by atoms with Crippen LogP contribution in [0.25, 0.3) is 17.1 Å². The molecule has 4 aromatic rings. The van der Waals surface area contributed by atoms with E-state index in [1.165, 1.54) is 17.9 Å². The highest BCUT2D eigenvalue weighted by atomic mass is 16.3. The summed E-state index contributed by atoms with van der Waals surface area (Å²) in [7, 11) is 0. The maximum Gasteiger partial charge on any atom is 0.293 e. The van der Waals surface area contributed by atoms with E-state index < -0.39 is 5.91 Å². The lowest BCUT2D eigenvalue weighted by molar-refractivity contribution is 0.0993. The summed E-state index contributed by atoms with van der Waals surface area (Å²) in [6.45, 7) is 1.51. The minimum Gasteiger partial charge on any atom is -0.451 e. The number of nitrogens with zero attached hydrogens (tertiary/aromatic N) is 4. The monoisotopic (exact) mass is 373 g/mol. The highest BCUT2D eigenvalue weighted by Crippen LogP contribution is 2.23. The van der Waals surface area contributed by atoms with Crippen LogP contribution in [-0.4, -0.2) is 31.4 Å². The minimum absolute atomic E-state index is 0.0105. The van der Waals surface area contributed by atoms with Gasteiger partial charge in [0.2, 0.25) is 5.95 Å². The van der Waals surface area contributed by atoms with Gasteiger partial charge >= 0.3 is 0 Å². The van der Waals surface area contributed by atoms with Crippen molar-refractivity contribution >= 4 is 17.6 Å². The van der Waals surface area contributed by atoms with Gasteiger partial charge in [0.25, 0.3) is 5.91 Å². The highest BCUT2D eigenvalue weighted by molar-refractivity contribution is 6.01. The van der Waals surface area contributed by atoms with Gasteiger partial charge in [-0.2, -0.15) is 4.98 Å². The van der Waals surface area contributed by atoms with Crippen molar-refractivity contribution in [3.63, 3.8) is 0 Å². The Balaban J connectivity index is 1.48. The molecule has 0 saturated heterocycles. The quantitative estimate of drug-likeness (QED) is 0.538. The number of anilines is 1. The zero-order valence-electron chi connectivity index (χ0n) is 14.9. The number of furan rings is 1. The van der Waals surface area contributed by atoms with E-state index in [0.29, 0.717) is 17.1 Å². The Morgan fingerprint density at radius 3 is 2.54 bits per heavy atom. The molecule has 0 spiro atoms. The molecule has 0 saturated carbocycles. The Kier molecular flexibility index (Phi) is 4.51. The predicted molar refractivity (Wildman–Crippen MR) is 101 cm³/mol.